The molecule has 108 valence electrons. The van der Waals surface area contributed by atoms with Crippen molar-refractivity contribution in [1.82, 2.24) is 30.1 Å². The Morgan fingerprint density at radius 1 is 1.24 bits per heavy atom. The summed E-state index contributed by atoms with van der Waals surface area (Å²) in [6, 6.07) is 9.47. The van der Waals surface area contributed by atoms with Crippen LogP contribution in [-0.4, -0.2) is 30.7 Å². The average Bonchev–Trinajstić information content (AvgIpc) is 3.12. The van der Waals surface area contributed by atoms with Crippen molar-refractivity contribution >= 4 is 16.9 Å². The number of nitrogens with one attached hydrogen (secondary N) is 1. The SMILES string of the molecule is CCn1nccc1CNC(=O)Cn1nnc2ccccc21. The highest BCUT2D eigenvalue weighted by molar-refractivity contribution is 5.79. The predicted molar refractivity (Wildman–Crippen MR) is 77.3 cm³/mol. The zero-order valence-corrected chi connectivity index (χ0v) is 11.7. The van der Waals surface area contributed by atoms with E-state index < -0.39 is 0 Å². The number of carbonyl (C=O) groups is 1. The van der Waals surface area contributed by atoms with Gasteiger partial charge in [0.05, 0.1) is 17.8 Å². The summed E-state index contributed by atoms with van der Waals surface area (Å²) in [5, 5.41) is 15.1. The minimum atomic E-state index is -0.102. The molecule has 0 radical (unpaired) electrons. The highest BCUT2D eigenvalue weighted by Crippen LogP contribution is 2.09. The Morgan fingerprint density at radius 3 is 2.95 bits per heavy atom. The summed E-state index contributed by atoms with van der Waals surface area (Å²) in [4.78, 5) is 12.0. The first-order chi connectivity index (χ1) is 10.3. The molecule has 3 rings (SSSR count). The standard InChI is InChI=1S/C14H16N6O/c1-2-19-11(7-8-16-19)9-15-14(21)10-20-13-6-4-3-5-12(13)17-18-20/h3-8H,2,9-10H2,1H3,(H,15,21). The van der Waals surface area contributed by atoms with Crippen molar-refractivity contribution in [3.63, 3.8) is 0 Å². The Hall–Kier alpha value is -2.70. The zero-order valence-electron chi connectivity index (χ0n) is 11.7. The average molecular weight is 284 g/mol. The van der Waals surface area contributed by atoms with E-state index in [4.69, 9.17) is 0 Å². The zero-order chi connectivity index (χ0) is 14.7. The Labute approximate surface area is 121 Å². The number of amides is 1. The van der Waals surface area contributed by atoms with Crippen LogP contribution in [0.3, 0.4) is 0 Å². The van der Waals surface area contributed by atoms with Gasteiger partial charge in [-0.3, -0.25) is 9.48 Å². The molecule has 7 heteroatoms. The smallest absolute Gasteiger partial charge is 0.242 e. The lowest BCUT2D eigenvalue weighted by molar-refractivity contribution is -0.122. The minimum absolute atomic E-state index is 0.102. The molecule has 0 aliphatic rings. The van der Waals surface area contributed by atoms with Gasteiger partial charge in [-0.25, -0.2) is 4.68 Å². The van der Waals surface area contributed by atoms with E-state index in [1.54, 1.807) is 10.9 Å². The molecule has 0 aliphatic carbocycles. The van der Waals surface area contributed by atoms with E-state index in [2.05, 4.69) is 20.7 Å². The number of aryl methyl sites for hydroxylation is 1. The van der Waals surface area contributed by atoms with Crippen LogP contribution in [0.4, 0.5) is 0 Å². The summed E-state index contributed by atoms with van der Waals surface area (Å²) in [5.41, 5.74) is 2.62. The van der Waals surface area contributed by atoms with Crippen LogP contribution in [0, 0.1) is 0 Å². The van der Waals surface area contributed by atoms with Crippen molar-refractivity contribution in [3.05, 3.63) is 42.2 Å². The number of hydrogen-bond donors (Lipinski definition) is 1. The van der Waals surface area contributed by atoms with E-state index in [1.165, 1.54) is 0 Å². The van der Waals surface area contributed by atoms with Crippen LogP contribution < -0.4 is 5.32 Å². The fourth-order valence-electron chi connectivity index (χ4n) is 2.21. The first kappa shape index (κ1) is 13.3. The topological polar surface area (TPSA) is 77.6 Å². The molecule has 2 aromatic heterocycles. The van der Waals surface area contributed by atoms with Crippen molar-refractivity contribution < 1.29 is 4.79 Å². The molecule has 0 saturated carbocycles. The molecule has 0 saturated heterocycles. The third kappa shape index (κ3) is 2.76. The van der Waals surface area contributed by atoms with Gasteiger partial charge in [-0.2, -0.15) is 5.10 Å². The van der Waals surface area contributed by atoms with E-state index in [0.29, 0.717) is 6.54 Å². The lowest BCUT2D eigenvalue weighted by Gasteiger charge is -2.07. The maximum Gasteiger partial charge on any atom is 0.242 e. The molecule has 0 unspecified atom stereocenters. The largest absolute Gasteiger partial charge is 0.349 e. The lowest BCUT2D eigenvalue weighted by atomic mass is 10.3. The molecule has 1 amide bonds. The van der Waals surface area contributed by atoms with Gasteiger partial charge in [0.2, 0.25) is 5.91 Å². The lowest BCUT2D eigenvalue weighted by Crippen LogP contribution is -2.28. The van der Waals surface area contributed by atoms with Gasteiger partial charge in [0, 0.05) is 12.7 Å². The third-order valence-corrected chi connectivity index (χ3v) is 3.28. The van der Waals surface area contributed by atoms with E-state index in [-0.39, 0.29) is 12.5 Å². The van der Waals surface area contributed by atoms with Gasteiger partial charge in [-0.1, -0.05) is 17.3 Å². The fourth-order valence-corrected chi connectivity index (χ4v) is 2.21. The normalized spacial score (nSPS) is 10.9. The van der Waals surface area contributed by atoms with Crippen LogP contribution in [0.2, 0.25) is 0 Å². The van der Waals surface area contributed by atoms with Crippen LogP contribution >= 0.6 is 0 Å². The molecule has 21 heavy (non-hydrogen) atoms. The van der Waals surface area contributed by atoms with E-state index in [9.17, 15) is 4.79 Å². The Kier molecular flexibility index (Phi) is 3.63. The number of carbonyl (C=O) groups excluding carboxylic acids is 1. The molecular formula is C14H16N6O. The third-order valence-electron chi connectivity index (χ3n) is 3.28. The van der Waals surface area contributed by atoms with Crippen molar-refractivity contribution in [2.75, 3.05) is 0 Å². The first-order valence-corrected chi connectivity index (χ1v) is 6.83. The second-order valence-corrected chi connectivity index (χ2v) is 4.65. The molecular weight excluding hydrogens is 268 g/mol. The number of para-hydroxylation sites is 1. The van der Waals surface area contributed by atoms with Crippen molar-refractivity contribution in [2.24, 2.45) is 0 Å². The highest BCUT2D eigenvalue weighted by Gasteiger charge is 2.09. The van der Waals surface area contributed by atoms with Gasteiger partial charge in [-0.15, -0.1) is 5.10 Å². The quantitative estimate of drug-likeness (QED) is 0.757. The van der Waals surface area contributed by atoms with Crippen LogP contribution in [0.1, 0.15) is 12.6 Å². The molecule has 3 aromatic rings. The summed E-state index contributed by atoms with van der Waals surface area (Å²) >= 11 is 0. The minimum Gasteiger partial charge on any atom is -0.349 e. The van der Waals surface area contributed by atoms with Gasteiger partial charge in [0.25, 0.3) is 0 Å². The van der Waals surface area contributed by atoms with Gasteiger partial charge in [-0.05, 0) is 25.1 Å². The van der Waals surface area contributed by atoms with Crippen LogP contribution in [0.25, 0.3) is 11.0 Å². The predicted octanol–water partition coefficient (Wildman–Crippen LogP) is 0.964. The second kappa shape index (κ2) is 5.74. The maximum absolute atomic E-state index is 12.0. The number of aromatic nitrogens is 5. The summed E-state index contributed by atoms with van der Waals surface area (Å²) in [5.74, 6) is -0.102. The summed E-state index contributed by atoms with van der Waals surface area (Å²) in [7, 11) is 0. The summed E-state index contributed by atoms with van der Waals surface area (Å²) in [6.45, 7) is 3.41. The number of fused-ring (bicyclic) bond motifs is 1. The van der Waals surface area contributed by atoms with Crippen LogP contribution in [-0.2, 0) is 24.4 Å². The maximum atomic E-state index is 12.0. The molecule has 1 aromatic carbocycles. The van der Waals surface area contributed by atoms with Gasteiger partial charge < -0.3 is 5.32 Å². The number of benzene rings is 1. The Bertz CT molecular complexity index is 760. The molecule has 7 nitrogen and oxygen atoms in total. The molecule has 2 heterocycles. The first-order valence-electron chi connectivity index (χ1n) is 6.83. The van der Waals surface area contributed by atoms with Gasteiger partial charge in [0.15, 0.2) is 0 Å². The summed E-state index contributed by atoms with van der Waals surface area (Å²) < 4.78 is 3.45. The van der Waals surface area contributed by atoms with Crippen LogP contribution in [0.5, 0.6) is 0 Å². The molecule has 0 atom stereocenters. The molecule has 0 spiro atoms. The van der Waals surface area contributed by atoms with Crippen molar-refractivity contribution in [1.29, 1.82) is 0 Å². The Balaban J connectivity index is 1.64. The van der Waals surface area contributed by atoms with Gasteiger partial charge >= 0.3 is 0 Å². The molecule has 1 N–H and O–H groups in total. The highest BCUT2D eigenvalue weighted by atomic mass is 16.2. The van der Waals surface area contributed by atoms with Crippen LogP contribution in [0.15, 0.2) is 36.5 Å². The fraction of sp³-hybridized carbons (Fsp3) is 0.286. The van der Waals surface area contributed by atoms with Gasteiger partial charge in [0.1, 0.15) is 12.1 Å². The summed E-state index contributed by atoms with van der Waals surface area (Å²) in [6.07, 6.45) is 1.73. The molecule has 0 bridgehead atoms. The van der Waals surface area contributed by atoms with E-state index in [0.717, 1.165) is 23.3 Å². The number of rotatable bonds is 5. The van der Waals surface area contributed by atoms with E-state index >= 15 is 0 Å². The van der Waals surface area contributed by atoms with Crippen molar-refractivity contribution in [2.45, 2.75) is 26.6 Å². The Morgan fingerprint density at radius 2 is 2.10 bits per heavy atom. The number of nitrogens with zero attached hydrogens (tertiary/aromatic N) is 5. The van der Waals surface area contributed by atoms with Crippen molar-refractivity contribution in [3.8, 4) is 0 Å². The molecule has 0 fully saturated rings. The molecule has 0 aliphatic heterocycles. The van der Waals surface area contributed by atoms with E-state index in [1.807, 2.05) is 41.9 Å². The second-order valence-electron chi connectivity index (χ2n) is 4.65. The number of hydrogen-bond acceptors (Lipinski definition) is 4. The monoisotopic (exact) mass is 284 g/mol.